The summed E-state index contributed by atoms with van der Waals surface area (Å²) in [5, 5.41) is 4.37. The molecule has 1 amide bonds. The maximum absolute atomic E-state index is 13.1. The first-order chi connectivity index (χ1) is 13.1. The predicted molar refractivity (Wildman–Crippen MR) is 102 cm³/mol. The van der Waals surface area contributed by atoms with Crippen LogP contribution in [0.2, 0.25) is 0 Å². The van der Waals surface area contributed by atoms with Gasteiger partial charge in [0.05, 0.1) is 16.5 Å². The molecular weight excluding hydrogens is 383 g/mol. The van der Waals surface area contributed by atoms with Crippen LogP contribution in [0.15, 0.2) is 29.2 Å². The highest BCUT2D eigenvalue weighted by molar-refractivity contribution is 7.89. The Hall–Kier alpha value is -2.26. The van der Waals surface area contributed by atoms with Gasteiger partial charge in [0.1, 0.15) is 5.82 Å². The summed E-state index contributed by atoms with van der Waals surface area (Å²) in [7, 11) is -0.143. The fourth-order valence-corrected chi connectivity index (χ4v) is 5.08. The molecule has 1 atom stereocenters. The maximum Gasteiger partial charge on any atom is 0.243 e. The zero-order valence-corrected chi connectivity index (χ0v) is 17.3. The van der Waals surface area contributed by atoms with Crippen LogP contribution in [0.5, 0.6) is 0 Å². The van der Waals surface area contributed by atoms with Crippen molar-refractivity contribution in [1.29, 1.82) is 0 Å². The molecule has 2 aromatic rings. The van der Waals surface area contributed by atoms with Crippen molar-refractivity contribution in [2.75, 3.05) is 20.1 Å². The average Bonchev–Trinajstić information content (AvgIpc) is 3.23. The Morgan fingerprint density at radius 1 is 1.29 bits per heavy atom. The minimum Gasteiger partial charge on any atom is -0.341 e. The second-order valence-corrected chi connectivity index (χ2v) is 9.21. The third-order valence-corrected chi connectivity index (χ3v) is 7.26. The molecule has 0 radical (unpaired) electrons. The standard InChI is InChI=1S/C19H25FN4O3S/c1-13-18(14(2)23(4)21-13)12-22(3)19(25)15-9-10-24(11-15)28(26,27)17-7-5-16(20)6-8-17/h5-8,15H,9-12H2,1-4H3/t15-/m1/s1. The first-order valence-electron chi connectivity index (χ1n) is 9.11. The van der Waals surface area contributed by atoms with Crippen molar-refractivity contribution >= 4 is 15.9 Å². The molecule has 0 unspecified atom stereocenters. The van der Waals surface area contributed by atoms with E-state index < -0.39 is 21.8 Å². The van der Waals surface area contributed by atoms with Gasteiger partial charge >= 0.3 is 0 Å². The van der Waals surface area contributed by atoms with Crippen molar-refractivity contribution in [2.24, 2.45) is 13.0 Å². The van der Waals surface area contributed by atoms with Crippen molar-refractivity contribution in [2.45, 2.75) is 31.7 Å². The number of aromatic nitrogens is 2. The zero-order valence-electron chi connectivity index (χ0n) is 16.5. The SMILES string of the molecule is Cc1nn(C)c(C)c1CN(C)C(=O)[C@@H]1CCN(S(=O)(=O)c2ccc(F)cc2)C1. The molecule has 0 spiro atoms. The number of hydrogen-bond acceptors (Lipinski definition) is 4. The van der Waals surface area contributed by atoms with Crippen LogP contribution < -0.4 is 0 Å². The van der Waals surface area contributed by atoms with Crippen LogP contribution in [-0.2, 0) is 28.4 Å². The lowest BCUT2D eigenvalue weighted by Gasteiger charge is -2.22. The van der Waals surface area contributed by atoms with E-state index in [1.165, 1.54) is 16.4 Å². The van der Waals surface area contributed by atoms with E-state index in [0.717, 1.165) is 29.1 Å². The number of hydrogen-bond donors (Lipinski definition) is 0. The van der Waals surface area contributed by atoms with Crippen molar-refractivity contribution < 1.29 is 17.6 Å². The molecule has 1 aromatic carbocycles. The van der Waals surface area contributed by atoms with Gasteiger partial charge in [-0.15, -0.1) is 0 Å². The molecule has 1 aromatic heterocycles. The number of nitrogens with zero attached hydrogens (tertiary/aromatic N) is 4. The first-order valence-corrected chi connectivity index (χ1v) is 10.5. The van der Waals surface area contributed by atoms with Crippen molar-refractivity contribution in [3.05, 3.63) is 47.0 Å². The molecule has 2 heterocycles. The summed E-state index contributed by atoms with van der Waals surface area (Å²) < 4.78 is 41.6. The van der Waals surface area contributed by atoms with E-state index >= 15 is 0 Å². The predicted octanol–water partition coefficient (Wildman–Crippen LogP) is 1.85. The molecule has 1 aliphatic heterocycles. The van der Waals surface area contributed by atoms with Gasteiger partial charge in [0.2, 0.25) is 15.9 Å². The van der Waals surface area contributed by atoms with Crippen LogP contribution >= 0.6 is 0 Å². The maximum atomic E-state index is 13.1. The van der Waals surface area contributed by atoms with E-state index in [2.05, 4.69) is 5.10 Å². The van der Waals surface area contributed by atoms with E-state index in [1.807, 2.05) is 20.9 Å². The Morgan fingerprint density at radius 3 is 2.50 bits per heavy atom. The summed E-state index contributed by atoms with van der Waals surface area (Å²) in [5.41, 5.74) is 2.89. The average molecular weight is 408 g/mol. The number of aryl methyl sites for hydroxylation is 2. The Morgan fingerprint density at radius 2 is 1.93 bits per heavy atom. The van der Waals surface area contributed by atoms with Gasteiger partial charge in [-0.1, -0.05) is 0 Å². The van der Waals surface area contributed by atoms with E-state index in [4.69, 9.17) is 0 Å². The second kappa shape index (κ2) is 7.63. The molecule has 28 heavy (non-hydrogen) atoms. The van der Waals surface area contributed by atoms with Gasteiger partial charge in [0.15, 0.2) is 0 Å². The number of sulfonamides is 1. The highest BCUT2D eigenvalue weighted by atomic mass is 32.2. The van der Waals surface area contributed by atoms with Gasteiger partial charge in [-0.25, -0.2) is 12.8 Å². The second-order valence-electron chi connectivity index (χ2n) is 7.27. The monoisotopic (exact) mass is 408 g/mol. The van der Waals surface area contributed by atoms with E-state index in [1.54, 1.807) is 16.6 Å². The Labute approximate surface area is 164 Å². The molecule has 3 rings (SSSR count). The summed E-state index contributed by atoms with van der Waals surface area (Å²) in [6.45, 7) is 4.71. The lowest BCUT2D eigenvalue weighted by atomic mass is 10.1. The van der Waals surface area contributed by atoms with Crippen molar-refractivity contribution in [3.8, 4) is 0 Å². The minimum absolute atomic E-state index is 0.0389. The quantitative estimate of drug-likeness (QED) is 0.757. The van der Waals surface area contributed by atoms with Gasteiger partial charge in [0.25, 0.3) is 0 Å². The fraction of sp³-hybridized carbons (Fsp3) is 0.474. The third-order valence-electron chi connectivity index (χ3n) is 5.38. The Kier molecular flexibility index (Phi) is 5.58. The number of carbonyl (C=O) groups excluding carboxylic acids is 1. The molecule has 0 aliphatic carbocycles. The van der Waals surface area contributed by atoms with Gasteiger partial charge in [-0.05, 0) is 44.5 Å². The van der Waals surface area contributed by atoms with E-state index in [9.17, 15) is 17.6 Å². The van der Waals surface area contributed by atoms with Crippen LogP contribution in [-0.4, -0.2) is 53.4 Å². The molecule has 9 heteroatoms. The van der Waals surface area contributed by atoms with Gasteiger partial charge in [0, 0.05) is 45.0 Å². The van der Waals surface area contributed by atoms with Crippen LogP contribution in [0.4, 0.5) is 4.39 Å². The molecule has 152 valence electrons. The molecular formula is C19H25FN4O3S. The van der Waals surface area contributed by atoms with E-state index in [0.29, 0.717) is 13.0 Å². The molecule has 0 N–H and O–H groups in total. The summed E-state index contributed by atoms with van der Waals surface area (Å²) in [5.74, 6) is -0.965. The van der Waals surface area contributed by atoms with Crippen LogP contribution in [0.1, 0.15) is 23.4 Å². The number of halogens is 1. The fourth-order valence-electron chi connectivity index (χ4n) is 3.58. The molecule has 0 saturated carbocycles. The highest BCUT2D eigenvalue weighted by Gasteiger charge is 2.37. The summed E-state index contributed by atoms with van der Waals surface area (Å²) >= 11 is 0. The van der Waals surface area contributed by atoms with Crippen LogP contribution in [0.3, 0.4) is 0 Å². The number of amides is 1. The number of rotatable bonds is 5. The van der Waals surface area contributed by atoms with E-state index in [-0.39, 0.29) is 23.9 Å². The van der Waals surface area contributed by atoms with Crippen molar-refractivity contribution in [1.82, 2.24) is 19.0 Å². The van der Waals surface area contributed by atoms with Crippen LogP contribution in [0.25, 0.3) is 0 Å². The summed E-state index contributed by atoms with van der Waals surface area (Å²) in [6.07, 6.45) is 0.467. The molecule has 1 fully saturated rings. The van der Waals surface area contributed by atoms with Crippen molar-refractivity contribution in [3.63, 3.8) is 0 Å². The first kappa shape index (κ1) is 20.5. The van der Waals surface area contributed by atoms with Gasteiger partial charge in [-0.3, -0.25) is 9.48 Å². The summed E-state index contributed by atoms with van der Waals surface area (Å²) in [4.78, 5) is 14.5. The Bertz CT molecular complexity index is 985. The smallest absolute Gasteiger partial charge is 0.243 e. The molecule has 0 bridgehead atoms. The van der Waals surface area contributed by atoms with Gasteiger partial charge < -0.3 is 4.90 Å². The zero-order chi connectivity index (χ0) is 20.6. The summed E-state index contributed by atoms with van der Waals surface area (Å²) in [6, 6.07) is 4.75. The van der Waals surface area contributed by atoms with Crippen LogP contribution in [0, 0.1) is 25.6 Å². The number of carbonyl (C=O) groups is 1. The minimum atomic E-state index is -3.73. The normalized spacial score (nSPS) is 17.8. The van der Waals surface area contributed by atoms with Gasteiger partial charge in [-0.2, -0.15) is 9.40 Å². The lowest BCUT2D eigenvalue weighted by Crippen LogP contribution is -2.35. The number of benzene rings is 1. The molecule has 1 aliphatic rings. The third kappa shape index (κ3) is 3.81. The Balaban J connectivity index is 1.69. The largest absolute Gasteiger partial charge is 0.341 e. The molecule has 1 saturated heterocycles. The highest BCUT2D eigenvalue weighted by Crippen LogP contribution is 2.26. The molecule has 7 nitrogen and oxygen atoms in total. The lowest BCUT2D eigenvalue weighted by molar-refractivity contribution is -0.134. The topological polar surface area (TPSA) is 75.5 Å².